The van der Waals surface area contributed by atoms with E-state index in [0.29, 0.717) is 13.0 Å². The van der Waals surface area contributed by atoms with Crippen molar-refractivity contribution in [3.63, 3.8) is 0 Å². The Morgan fingerprint density at radius 1 is 1.50 bits per heavy atom. The van der Waals surface area contributed by atoms with Crippen molar-refractivity contribution < 1.29 is 4.79 Å². The number of carbonyl (C=O) groups excluding carboxylic acids is 1. The van der Waals surface area contributed by atoms with Crippen molar-refractivity contribution in [2.75, 3.05) is 6.54 Å². The molecule has 2 atom stereocenters. The summed E-state index contributed by atoms with van der Waals surface area (Å²) < 4.78 is 0. The van der Waals surface area contributed by atoms with E-state index in [1.807, 2.05) is 32.0 Å². The van der Waals surface area contributed by atoms with Crippen molar-refractivity contribution >= 4 is 5.91 Å². The van der Waals surface area contributed by atoms with E-state index < -0.39 is 0 Å². The first-order valence-corrected chi connectivity index (χ1v) is 5.56. The topological polar surface area (TPSA) is 68.0 Å². The van der Waals surface area contributed by atoms with Crippen molar-refractivity contribution in [2.24, 2.45) is 11.7 Å². The molecule has 0 spiro atoms. The quantitative estimate of drug-likeness (QED) is 0.786. The molecule has 1 amide bonds. The molecular weight excluding hydrogens is 202 g/mol. The van der Waals surface area contributed by atoms with Crippen LogP contribution < -0.4 is 11.1 Å². The number of nitrogens with zero attached hydrogens (tertiary/aromatic N) is 1. The third kappa shape index (κ3) is 3.62. The van der Waals surface area contributed by atoms with Crippen LogP contribution in [0.5, 0.6) is 0 Å². The molecule has 88 valence electrons. The van der Waals surface area contributed by atoms with Crippen LogP contribution in [0.2, 0.25) is 0 Å². The van der Waals surface area contributed by atoms with Gasteiger partial charge in [0.2, 0.25) is 5.91 Å². The number of hydrogen-bond acceptors (Lipinski definition) is 3. The van der Waals surface area contributed by atoms with Gasteiger partial charge < -0.3 is 11.1 Å². The maximum absolute atomic E-state index is 11.7. The molecule has 0 aliphatic heterocycles. The standard InChI is InChI=1S/C12H19N3O/c1-9(6-7-13)12(16)15-10(2)11-5-3-4-8-14-11/h3-5,8-10H,6-7,13H2,1-2H3,(H,15,16). The van der Waals surface area contributed by atoms with Crippen LogP contribution in [0.25, 0.3) is 0 Å². The van der Waals surface area contributed by atoms with Gasteiger partial charge in [-0.3, -0.25) is 9.78 Å². The zero-order valence-corrected chi connectivity index (χ0v) is 9.81. The molecule has 2 unspecified atom stereocenters. The summed E-state index contributed by atoms with van der Waals surface area (Å²) in [5, 5.41) is 2.92. The lowest BCUT2D eigenvalue weighted by molar-refractivity contribution is -0.125. The zero-order chi connectivity index (χ0) is 12.0. The lowest BCUT2D eigenvalue weighted by Gasteiger charge is -2.16. The molecule has 1 aromatic heterocycles. The van der Waals surface area contributed by atoms with Gasteiger partial charge in [0.25, 0.3) is 0 Å². The Bertz CT molecular complexity index is 326. The predicted octanol–water partition coefficient (Wildman–Crippen LogP) is 1.24. The van der Waals surface area contributed by atoms with E-state index in [-0.39, 0.29) is 17.9 Å². The number of hydrogen-bond donors (Lipinski definition) is 2. The van der Waals surface area contributed by atoms with Gasteiger partial charge in [0.1, 0.15) is 0 Å². The molecule has 0 aromatic carbocycles. The minimum Gasteiger partial charge on any atom is -0.348 e. The summed E-state index contributed by atoms with van der Waals surface area (Å²) in [4.78, 5) is 15.9. The van der Waals surface area contributed by atoms with E-state index in [0.717, 1.165) is 5.69 Å². The van der Waals surface area contributed by atoms with Gasteiger partial charge in [-0.15, -0.1) is 0 Å². The maximum atomic E-state index is 11.7. The third-order valence-electron chi connectivity index (χ3n) is 2.54. The van der Waals surface area contributed by atoms with Gasteiger partial charge >= 0.3 is 0 Å². The average molecular weight is 221 g/mol. The number of nitrogens with one attached hydrogen (secondary N) is 1. The summed E-state index contributed by atoms with van der Waals surface area (Å²) >= 11 is 0. The molecule has 16 heavy (non-hydrogen) atoms. The Morgan fingerprint density at radius 3 is 2.81 bits per heavy atom. The van der Waals surface area contributed by atoms with Crippen LogP contribution in [0, 0.1) is 5.92 Å². The number of carbonyl (C=O) groups is 1. The molecular formula is C12H19N3O. The predicted molar refractivity (Wildman–Crippen MR) is 63.6 cm³/mol. The van der Waals surface area contributed by atoms with Gasteiger partial charge in [-0.05, 0) is 32.0 Å². The van der Waals surface area contributed by atoms with Crippen LogP contribution in [-0.2, 0) is 4.79 Å². The molecule has 0 fully saturated rings. The van der Waals surface area contributed by atoms with Crippen LogP contribution >= 0.6 is 0 Å². The molecule has 1 aromatic rings. The minimum absolute atomic E-state index is 0.0311. The number of rotatable bonds is 5. The van der Waals surface area contributed by atoms with Crippen molar-refractivity contribution in [1.29, 1.82) is 0 Å². The third-order valence-corrected chi connectivity index (χ3v) is 2.54. The Labute approximate surface area is 96.3 Å². The second kappa shape index (κ2) is 6.23. The molecule has 0 saturated heterocycles. The van der Waals surface area contributed by atoms with E-state index >= 15 is 0 Å². The summed E-state index contributed by atoms with van der Waals surface area (Å²) in [5.41, 5.74) is 6.29. The summed E-state index contributed by atoms with van der Waals surface area (Å²) in [5.74, 6) is -0.0141. The van der Waals surface area contributed by atoms with Gasteiger partial charge in [0, 0.05) is 12.1 Å². The molecule has 1 heterocycles. The number of amides is 1. The number of pyridine rings is 1. The summed E-state index contributed by atoms with van der Waals surface area (Å²) in [7, 11) is 0. The van der Waals surface area contributed by atoms with E-state index in [2.05, 4.69) is 10.3 Å². The molecule has 0 aliphatic carbocycles. The zero-order valence-electron chi connectivity index (χ0n) is 9.81. The minimum atomic E-state index is -0.0612. The highest BCUT2D eigenvalue weighted by atomic mass is 16.1. The fraction of sp³-hybridized carbons (Fsp3) is 0.500. The van der Waals surface area contributed by atoms with Gasteiger partial charge in [-0.2, -0.15) is 0 Å². The molecule has 3 N–H and O–H groups in total. The summed E-state index contributed by atoms with van der Waals surface area (Å²) in [6, 6.07) is 5.61. The second-order valence-electron chi connectivity index (χ2n) is 3.96. The maximum Gasteiger partial charge on any atom is 0.223 e. The van der Waals surface area contributed by atoms with E-state index in [1.165, 1.54) is 0 Å². The van der Waals surface area contributed by atoms with Gasteiger partial charge in [0.15, 0.2) is 0 Å². The molecule has 4 heteroatoms. The Hall–Kier alpha value is -1.42. The van der Waals surface area contributed by atoms with Crippen LogP contribution in [0.4, 0.5) is 0 Å². The van der Waals surface area contributed by atoms with Crippen LogP contribution in [-0.4, -0.2) is 17.4 Å². The monoisotopic (exact) mass is 221 g/mol. The highest BCUT2D eigenvalue weighted by Gasteiger charge is 2.15. The highest BCUT2D eigenvalue weighted by molar-refractivity contribution is 5.78. The van der Waals surface area contributed by atoms with Crippen molar-refractivity contribution in [1.82, 2.24) is 10.3 Å². The van der Waals surface area contributed by atoms with Gasteiger partial charge in [-0.25, -0.2) is 0 Å². The van der Waals surface area contributed by atoms with Crippen LogP contribution in [0.3, 0.4) is 0 Å². The molecule has 0 bridgehead atoms. The first-order chi connectivity index (χ1) is 7.65. The Kier molecular flexibility index (Phi) is 4.92. The van der Waals surface area contributed by atoms with Gasteiger partial charge in [0.05, 0.1) is 11.7 Å². The first-order valence-electron chi connectivity index (χ1n) is 5.56. The average Bonchev–Trinajstić information content (AvgIpc) is 2.30. The Morgan fingerprint density at radius 2 is 2.25 bits per heavy atom. The van der Waals surface area contributed by atoms with E-state index in [9.17, 15) is 4.79 Å². The normalized spacial score (nSPS) is 14.2. The Balaban J connectivity index is 2.51. The number of aromatic nitrogens is 1. The van der Waals surface area contributed by atoms with E-state index in [1.54, 1.807) is 6.20 Å². The molecule has 0 saturated carbocycles. The van der Waals surface area contributed by atoms with Crippen LogP contribution in [0.15, 0.2) is 24.4 Å². The largest absolute Gasteiger partial charge is 0.348 e. The van der Waals surface area contributed by atoms with Crippen molar-refractivity contribution in [3.8, 4) is 0 Å². The smallest absolute Gasteiger partial charge is 0.223 e. The lowest BCUT2D eigenvalue weighted by atomic mass is 10.1. The molecule has 4 nitrogen and oxygen atoms in total. The van der Waals surface area contributed by atoms with E-state index in [4.69, 9.17) is 5.73 Å². The number of nitrogens with two attached hydrogens (primary N) is 1. The second-order valence-corrected chi connectivity index (χ2v) is 3.96. The summed E-state index contributed by atoms with van der Waals surface area (Å²) in [6.07, 6.45) is 2.43. The fourth-order valence-corrected chi connectivity index (χ4v) is 1.44. The van der Waals surface area contributed by atoms with Gasteiger partial charge in [-0.1, -0.05) is 13.0 Å². The van der Waals surface area contributed by atoms with Crippen molar-refractivity contribution in [2.45, 2.75) is 26.3 Å². The fourth-order valence-electron chi connectivity index (χ4n) is 1.44. The highest BCUT2D eigenvalue weighted by Crippen LogP contribution is 2.10. The van der Waals surface area contributed by atoms with Crippen LogP contribution in [0.1, 0.15) is 32.0 Å². The summed E-state index contributed by atoms with van der Waals surface area (Å²) in [6.45, 7) is 4.34. The molecule has 1 rings (SSSR count). The molecule has 0 radical (unpaired) electrons. The first kappa shape index (κ1) is 12.6. The SMILES string of the molecule is CC(CCN)C(=O)NC(C)c1ccccn1. The lowest BCUT2D eigenvalue weighted by Crippen LogP contribution is -2.32. The molecule has 0 aliphatic rings. The van der Waals surface area contributed by atoms with Crippen molar-refractivity contribution in [3.05, 3.63) is 30.1 Å².